The van der Waals surface area contributed by atoms with Gasteiger partial charge >= 0.3 is 0 Å². The Balaban J connectivity index is 1.30. The molecule has 2 aromatic heterocycles. The number of likely N-dealkylation sites (tertiary alicyclic amines) is 1. The van der Waals surface area contributed by atoms with Crippen molar-refractivity contribution in [2.24, 2.45) is 5.92 Å². The Labute approximate surface area is 197 Å². The van der Waals surface area contributed by atoms with Gasteiger partial charge in [-0.15, -0.1) is 11.3 Å². The van der Waals surface area contributed by atoms with Crippen LogP contribution in [0.2, 0.25) is 0 Å². The standard InChI is InChI=1S/C24H30N4O4S/c1-16(2)31-19-9-8-17(12-20(19)30-3)13-25-24(29)18-6-4-10-28(14-18)15-22-26-23(27-32-22)21-7-5-11-33-21/h5,7-9,11-12,16,18H,4,6,10,13-15H2,1-3H3,(H,25,29). The number of amides is 1. The van der Waals surface area contributed by atoms with E-state index in [0.717, 1.165) is 29.8 Å². The quantitative estimate of drug-likeness (QED) is 0.503. The smallest absolute Gasteiger partial charge is 0.241 e. The molecule has 8 nitrogen and oxygen atoms in total. The number of piperidine rings is 1. The predicted octanol–water partition coefficient (Wildman–Crippen LogP) is 4.12. The molecule has 9 heteroatoms. The van der Waals surface area contributed by atoms with Gasteiger partial charge in [-0.2, -0.15) is 4.98 Å². The first-order valence-corrected chi connectivity index (χ1v) is 12.1. The highest BCUT2D eigenvalue weighted by Gasteiger charge is 2.27. The lowest BCUT2D eigenvalue weighted by Crippen LogP contribution is -2.42. The van der Waals surface area contributed by atoms with E-state index >= 15 is 0 Å². The molecule has 1 fully saturated rings. The van der Waals surface area contributed by atoms with Crippen molar-refractivity contribution in [3.05, 3.63) is 47.2 Å². The first kappa shape index (κ1) is 23.3. The second-order valence-electron chi connectivity index (χ2n) is 8.43. The number of ether oxygens (including phenoxy) is 2. The minimum atomic E-state index is -0.0659. The molecular formula is C24H30N4O4S. The second-order valence-corrected chi connectivity index (χ2v) is 9.38. The van der Waals surface area contributed by atoms with Crippen LogP contribution >= 0.6 is 11.3 Å². The number of carbonyl (C=O) groups is 1. The first-order valence-electron chi connectivity index (χ1n) is 11.2. The van der Waals surface area contributed by atoms with Crippen molar-refractivity contribution in [3.8, 4) is 22.2 Å². The van der Waals surface area contributed by atoms with E-state index in [-0.39, 0.29) is 17.9 Å². The second kappa shape index (κ2) is 10.8. The zero-order valence-corrected chi connectivity index (χ0v) is 20.1. The van der Waals surface area contributed by atoms with Crippen LogP contribution < -0.4 is 14.8 Å². The third kappa shape index (κ3) is 6.11. The molecule has 0 radical (unpaired) electrons. The van der Waals surface area contributed by atoms with Gasteiger partial charge in [-0.1, -0.05) is 17.3 Å². The summed E-state index contributed by atoms with van der Waals surface area (Å²) in [6.07, 6.45) is 1.89. The number of rotatable bonds is 9. The van der Waals surface area contributed by atoms with E-state index in [1.807, 2.05) is 49.6 Å². The number of thiophene rings is 1. The number of benzene rings is 1. The molecule has 176 valence electrons. The molecule has 1 N–H and O–H groups in total. The highest BCUT2D eigenvalue weighted by molar-refractivity contribution is 7.13. The van der Waals surface area contributed by atoms with Crippen molar-refractivity contribution in [2.45, 2.75) is 45.9 Å². The minimum absolute atomic E-state index is 0.0611. The monoisotopic (exact) mass is 470 g/mol. The van der Waals surface area contributed by atoms with E-state index in [1.54, 1.807) is 18.4 Å². The fourth-order valence-corrected chi connectivity index (χ4v) is 4.59. The Morgan fingerprint density at radius 2 is 2.21 bits per heavy atom. The molecule has 1 amide bonds. The SMILES string of the molecule is COc1cc(CNC(=O)C2CCCN(Cc3nc(-c4cccs4)no3)C2)ccc1OC(C)C. The summed E-state index contributed by atoms with van der Waals surface area (Å²) >= 11 is 1.58. The molecule has 0 spiro atoms. The minimum Gasteiger partial charge on any atom is -0.493 e. The van der Waals surface area contributed by atoms with Gasteiger partial charge in [0.1, 0.15) is 0 Å². The number of hydrogen-bond acceptors (Lipinski definition) is 8. The Morgan fingerprint density at radius 3 is 2.97 bits per heavy atom. The molecule has 1 atom stereocenters. The predicted molar refractivity (Wildman–Crippen MR) is 126 cm³/mol. The largest absolute Gasteiger partial charge is 0.493 e. The number of carbonyl (C=O) groups excluding carboxylic acids is 1. The molecule has 3 heterocycles. The summed E-state index contributed by atoms with van der Waals surface area (Å²) < 4.78 is 16.6. The molecule has 0 bridgehead atoms. The van der Waals surface area contributed by atoms with Gasteiger partial charge in [0.05, 0.1) is 30.6 Å². The van der Waals surface area contributed by atoms with Crippen LogP contribution in [0.25, 0.3) is 10.7 Å². The lowest BCUT2D eigenvalue weighted by molar-refractivity contribution is -0.127. The first-order chi connectivity index (χ1) is 16.0. The molecule has 33 heavy (non-hydrogen) atoms. The van der Waals surface area contributed by atoms with Gasteiger partial charge in [0.2, 0.25) is 17.6 Å². The molecule has 1 aromatic carbocycles. The maximum Gasteiger partial charge on any atom is 0.241 e. The Kier molecular flexibility index (Phi) is 7.61. The normalized spacial score (nSPS) is 16.7. The fraction of sp³-hybridized carbons (Fsp3) is 0.458. The number of nitrogens with one attached hydrogen (secondary N) is 1. The lowest BCUT2D eigenvalue weighted by Gasteiger charge is -2.30. The maximum atomic E-state index is 12.9. The van der Waals surface area contributed by atoms with Crippen molar-refractivity contribution >= 4 is 17.2 Å². The number of hydrogen-bond donors (Lipinski definition) is 1. The van der Waals surface area contributed by atoms with Crippen LogP contribution in [0.5, 0.6) is 11.5 Å². The van der Waals surface area contributed by atoms with Crippen molar-refractivity contribution in [1.29, 1.82) is 0 Å². The van der Waals surface area contributed by atoms with Crippen LogP contribution in [0.4, 0.5) is 0 Å². The zero-order valence-electron chi connectivity index (χ0n) is 19.2. The van der Waals surface area contributed by atoms with E-state index in [9.17, 15) is 4.79 Å². The van der Waals surface area contributed by atoms with E-state index in [2.05, 4.69) is 20.4 Å². The molecule has 3 aromatic rings. The number of nitrogens with zero attached hydrogens (tertiary/aromatic N) is 3. The summed E-state index contributed by atoms with van der Waals surface area (Å²) in [6, 6.07) is 9.69. The van der Waals surface area contributed by atoms with Gasteiger partial charge in [-0.05, 0) is 62.4 Å². The summed E-state index contributed by atoms with van der Waals surface area (Å²) in [4.78, 5) is 20.6. The van der Waals surface area contributed by atoms with E-state index in [0.29, 0.717) is 42.8 Å². The molecule has 0 saturated carbocycles. The zero-order chi connectivity index (χ0) is 23.2. The van der Waals surface area contributed by atoms with E-state index in [1.165, 1.54) is 0 Å². The summed E-state index contributed by atoms with van der Waals surface area (Å²) in [7, 11) is 1.62. The van der Waals surface area contributed by atoms with Gasteiger partial charge in [-0.3, -0.25) is 9.69 Å². The van der Waals surface area contributed by atoms with Crippen LogP contribution in [0.15, 0.2) is 40.2 Å². The van der Waals surface area contributed by atoms with Gasteiger partial charge in [-0.25, -0.2) is 0 Å². The highest BCUT2D eigenvalue weighted by Crippen LogP contribution is 2.29. The topological polar surface area (TPSA) is 89.7 Å². The summed E-state index contributed by atoms with van der Waals surface area (Å²) in [5.41, 5.74) is 0.968. The number of aromatic nitrogens is 2. The van der Waals surface area contributed by atoms with Crippen molar-refractivity contribution < 1.29 is 18.8 Å². The average Bonchev–Trinajstić information content (AvgIpc) is 3.50. The summed E-state index contributed by atoms with van der Waals surface area (Å²) in [5, 5.41) is 9.14. The molecule has 1 aliphatic rings. The van der Waals surface area contributed by atoms with Gasteiger partial charge in [0.15, 0.2) is 11.5 Å². The summed E-state index contributed by atoms with van der Waals surface area (Å²) in [6.45, 7) is 6.53. The Morgan fingerprint density at radius 1 is 1.33 bits per heavy atom. The molecule has 4 rings (SSSR count). The Bertz CT molecular complexity index is 1050. The van der Waals surface area contributed by atoms with Crippen LogP contribution in [0.3, 0.4) is 0 Å². The summed E-state index contributed by atoms with van der Waals surface area (Å²) in [5.74, 6) is 2.56. The third-order valence-electron chi connectivity index (χ3n) is 5.50. The molecule has 1 saturated heterocycles. The number of methoxy groups -OCH3 is 1. The van der Waals surface area contributed by atoms with Crippen molar-refractivity contribution in [3.63, 3.8) is 0 Å². The van der Waals surface area contributed by atoms with Gasteiger partial charge in [0.25, 0.3) is 0 Å². The lowest BCUT2D eigenvalue weighted by atomic mass is 9.97. The Hall–Kier alpha value is -2.91. The van der Waals surface area contributed by atoms with Crippen LogP contribution in [0.1, 0.15) is 38.1 Å². The maximum absolute atomic E-state index is 12.9. The van der Waals surface area contributed by atoms with Crippen LogP contribution in [-0.4, -0.2) is 47.3 Å². The van der Waals surface area contributed by atoms with Gasteiger partial charge in [0, 0.05) is 13.1 Å². The van der Waals surface area contributed by atoms with Gasteiger partial charge < -0.3 is 19.3 Å². The fourth-order valence-electron chi connectivity index (χ4n) is 3.94. The van der Waals surface area contributed by atoms with Crippen LogP contribution in [-0.2, 0) is 17.9 Å². The molecule has 0 aliphatic carbocycles. The molecular weight excluding hydrogens is 440 g/mol. The van der Waals surface area contributed by atoms with Crippen molar-refractivity contribution in [1.82, 2.24) is 20.4 Å². The molecule has 1 unspecified atom stereocenters. The van der Waals surface area contributed by atoms with Crippen LogP contribution in [0, 0.1) is 5.92 Å². The van der Waals surface area contributed by atoms with E-state index in [4.69, 9.17) is 14.0 Å². The van der Waals surface area contributed by atoms with E-state index < -0.39 is 0 Å². The van der Waals surface area contributed by atoms with Crippen molar-refractivity contribution in [2.75, 3.05) is 20.2 Å². The highest BCUT2D eigenvalue weighted by atomic mass is 32.1. The third-order valence-corrected chi connectivity index (χ3v) is 6.37. The average molecular weight is 471 g/mol. The molecule has 1 aliphatic heterocycles.